The summed E-state index contributed by atoms with van der Waals surface area (Å²) in [7, 11) is 0. The minimum Gasteiger partial charge on any atom is -0.322 e. The summed E-state index contributed by atoms with van der Waals surface area (Å²) >= 11 is 5.91. The second-order valence-corrected chi connectivity index (χ2v) is 4.05. The van der Waals surface area contributed by atoms with E-state index in [1.807, 2.05) is 32.0 Å². The maximum Gasteiger partial charge on any atom is 0.145 e. The lowest BCUT2D eigenvalue weighted by Crippen LogP contribution is -2.10. The number of benzene rings is 1. The Kier molecular flexibility index (Phi) is 2.59. The van der Waals surface area contributed by atoms with E-state index in [2.05, 4.69) is 9.97 Å². The van der Waals surface area contributed by atoms with E-state index in [0.717, 1.165) is 16.6 Å². The van der Waals surface area contributed by atoms with Crippen molar-refractivity contribution in [2.75, 3.05) is 0 Å². The first-order chi connectivity index (χ1) is 7.08. The minimum absolute atomic E-state index is 0.149. The number of nitrogens with two attached hydrogens (primary N) is 1. The molecule has 0 radical (unpaired) electrons. The molecule has 1 aromatic carbocycles. The standard InChI is InChI=1S/C11H12ClN3/c1-6(13)11-14-7(2)9-5-8(12)3-4-10(9)15-11/h3-6H,13H2,1-2H3. The summed E-state index contributed by atoms with van der Waals surface area (Å²) in [6, 6.07) is 5.43. The van der Waals surface area contributed by atoms with Gasteiger partial charge in [0.15, 0.2) is 0 Å². The number of hydrogen-bond donors (Lipinski definition) is 1. The maximum absolute atomic E-state index is 5.91. The number of aryl methyl sites for hydroxylation is 1. The van der Waals surface area contributed by atoms with E-state index in [1.54, 1.807) is 0 Å². The third kappa shape index (κ3) is 1.94. The number of fused-ring (bicyclic) bond motifs is 1. The predicted octanol–water partition coefficient (Wildman–Crippen LogP) is 2.61. The van der Waals surface area contributed by atoms with Gasteiger partial charge in [0.1, 0.15) is 5.82 Å². The lowest BCUT2D eigenvalue weighted by molar-refractivity contribution is 0.741. The minimum atomic E-state index is -0.149. The molecule has 78 valence electrons. The van der Waals surface area contributed by atoms with Crippen molar-refractivity contribution >= 4 is 22.5 Å². The molecule has 0 saturated heterocycles. The Morgan fingerprint density at radius 1 is 1.33 bits per heavy atom. The van der Waals surface area contributed by atoms with Crippen molar-refractivity contribution in [1.82, 2.24) is 9.97 Å². The van der Waals surface area contributed by atoms with Gasteiger partial charge < -0.3 is 5.73 Å². The van der Waals surface area contributed by atoms with Gasteiger partial charge in [0.2, 0.25) is 0 Å². The summed E-state index contributed by atoms with van der Waals surface area (Å²) in [5, 5.41) is 1.68. The molecule has 1 heterocycles. The molecule has 1 atom stereocenters. The molecule has 2 N–H and O–H groups in total. The van der Waals surface area contributed by atoms with Crippen molar-refractivity contribution in [2.45, 2.75) is 19.9 Å². The number of rotatable bonds is 1. The van der Waals surface area contributed by atoms with Gasteiger partial charge in [-0.15, -0.1) is 0 Å². The topological polar surface area (TPSA) is 51.8 Å². The van der Waals surface area contributed by atoms with Crippen LogP contribution in [-0.2, 0) is 0 Å². The first-order valence-electron chi connectivity index (χ1n) is 4.77. The van der Waals surface area contributed by atoms with Crippen LogP contribution in [0.2, 0.25) is 5.02 Å². The second kappa shape index (κ2) is 3.76. The lowest BCUT2D eigenvalue weighted by atomic mass is 10.2. The van der Waals surface area contributed by atoms with Crippen LogP contribution < -0.4 is 5.73 Å². The Bertz CT molecular complexity index is 508. The van der Waals surface area contributed by atoms with Gasteiger partial charge in [0, 0.05) is 16.1 Å². The Labute approximate surface area is 93.3 Å². The van der Waals surface area contributed by atoms with E-state index in [9.17, 15) is 0 Å². The summed E-state index contributed by atoms with van der Waals surface area (Å²) < 4.78 is 0. The van der Waals surface area contributed by atoms with Crippen LogP contribution >= 0.6 is 11.6 Å². The lowest BCUT2D eigenvalue weighted by Gasteiger charge is -2.07. The van der Waals surface area contributed by atoms with Gasteiger partial charge in [0.05, 0.1) is 11.6 Å². The van der Waals surface area contributed by atoms with Gasteiger partial charge >= 0.3 is 0 Å². The number of aromatic nitrogens is 2. The summed E-state index contributed by atoms with van der Waals surface area (Å²) in [4.78, 5) is 8.73. The summed E-state index contributed by atoms with van der Waals surface area (Å²) in [5.74, 6) is 0.669. The Morgan fingerprint density at radius 2 is 2.07 bits per heavy atom. The van der Waals surface area contributed by atoms with Gasteiger partial charge in [-0.05, 0) is 32.0 Å². The molecular weight excluding hydrogens is 210 g/mol. The molecule has 0 bridgehead atoms. The zero-order valence-corrected chi connectivity index (χ0v) is 9.42. The first kappa shape index (κ1) is 10.3. The van der Waals surface area contributed by atoms with Crippen molar-refractivity contribution in [3.05, 3.63) is 34.7 Å². The quantitative estimate of drug-likeness (QED) is 0.806. The molecule has 3 nitrogen and oxygen atoms in total. The highest BCUT2D eigenvalue weighted by atomic mass is 35.5. The van der Waals surface area contributed by atoms with Crippen LogP contribution in [0.15, 0.2) is 18.2 Å². The van der Waals surface area contributed by atoms with Crippen LogP contribution in [0.3, 0.4) is 0 Å². The van der Waals surface area contributed by atoms with Crippen LogP contribution in [0, 0.1) is 6.92 Å². The van der Waals surface area contributed by atoms with E-state index in [-0.39, 0.29) is 6.04 Å². The van der Waals surface area contributed by atoms with E-state index in [0.29, 0.717) is 10.8 Å². The highest BCUT2D eigenvalue weighted by Crippen LogP contribution is 2.21. The van der Waals surface area contributed by atoms with Gasteiger partial charge in [-0.2, -0.15) is 0 Å². The van der Waals surface area contributed by atoms with Gasteiger partial charge in [-0.1, -0.05) is 11.6 Å². The second-order valence-electron chi connectivity index (χ2n) is 3.62. The van der Waals surface area contributed by atoms with Gasteiger partial charge in [0.25, 0.3) is 0 Å². The molecule has 15 heavy (non-hydrogen) atoms. The smallest absolute Gasteiger partial charge is 0.145 e. The van der Waals surface area contributed by atoms with Crippen LogP contribution in [0.4, 0.5) is 0 Å². The monoisotopic (exact) mass is 221 g/mol. The zero-order chi connectivity index (χ0) is 11.0. The van der Waals surface area contributed by atoms with E-state index < -0.39 is 0 Å². The fraction of sp³-hybridized carbons (Fsp3) is 0.273. The highest BCUT2D eigenvalue weighted by Gasteiger charge is 2.07. The molecule has 0 amide bonds. The van der Waals surface area contributed by atoms with Crippen LogP contribution in [0.25, 0.3) is 10.9 Å². The zero-order valence-electron chi connectivity index (χ0n) is 8.66. The maximum atomic E-state index is 5.91. The molecular formula is C11H12ClN3. The average molecular weight is 222 g/mol. The fourth-order valence-electron chi connectivity index (χ4n) is 1.48. The van der Waals surface area contributed by atoms with Crippen molar-refractivity contribution in [3.8, 4) is 0 Å². The molecule has 4 heteroatoms. The molecule has 1 unspecified atom stereocenters. The Morgan fingerprint density at radius 3 is 2.73 bits per heavy atom. The van der Waals surface area contributed by atoms with Crippen molar-refractivity contribution < 1.29 is 0 Å². The normalized spacial score (nSPS) is 13.1. The highest BCUT2D eigenvalue weighted by molar-refractivity contribution is 6.31. The van der Waals surface area contributed by atoms with Crippen molar-refractivity contribution in [1.29, 1.82) is 0 Å². The summed E-state index contributed by atoms with van der Waals surface area (Å²) in [6.07, 6.45) is 0. The average Bonchev–Trinajstić information content (AvgIpc) is 2.18. The first-order valence-corrected chi connectivity index (χ1v) is 5.15. The molecule has 1 aromatic heterocycles. The van der Waals surface area contributed by atoms with Gasteiger partial charge in [-0.3, -0.25) is 0 Å². The molecule has 0 aliphatic heterocycles. The third-order valence-corrected chi connectivity index (χ3v) is 2.51. The van der Waals surface area contributed by atoms with Crippen molar-refractivity contribution in [2.24, 2.45) is 5.73 Å². The molecule has 2 rings (SSSR count). The molecule has 0 spiro atoms. The molecule has 0 aliphatic rings. The summed E-state index contributed by atoms with van der Waals surface area (Å²) in [6.45, 7) is 3.81. The number of nitrogens with zero attached hydrogens (tertiary/aromatic N) is 2. The van der Waals surface area contributed by atoms with Crippen LogP contribution in [-0.4, -0.2) is 9.97 Å². The fourth-order valence-corrected chi connectivity index (χ4v) is 1.65. The van der Waals surface area contributed by atoms with Crippen molar-refractivity contribution in [3.63, 3.8) is 0 Å². The number of hydrogen-bond acceptors (Lipinski definition) is 3. The van der Waals surface area contributed by atoms with Gasteiger partial charge in [-0.25, -0.2) is 9.97 Å². The third-order valence-electron chi connectivity index (χ3n) is 2.27. The number of halogens is 1. The predicted molar refractivity (Wildman–Crippen MR) is 61.9 cm³/mol. The SMILES string of the molecule is Cc1nc(C(C)N)nc2ccc(Cl)cc12. The summed E-state index contributed by atoms with van der Waals surface area (Å²) in [5.41, 5.74) is 7.55. The molecule has 0 saturated carbocycles. The molecule has 0 fully saturated rings. The molecule has 0 aliphatic carbocycles. The van der Waals surface area contributed by atoms with Crippen LogP contribution in [0.5, 0.6) is 0 Å². The van der Waals surface area contributed by atoms with Crippen LogP contribution in [0.1, 0.15) is 24.5 Å². The molecule has 2 aromatic rings. The largest absolute Gasteiger partial charge is 0.322 e. The van der Waals surface area contributed by atoms with E-state index in [4.69, 9.17) is 17.3 Å². The van der Waals surface area contributed by atoms with E-state index in [1.165, 1.54) is 0 Å². The van der Waals surface area contributed by atoms with E-state index >= 15 is 0 Å². The Balaban J connectivity index is 2.73. The Hall–Kier alpha value is -1.19.